The molecule has 0 saturated carbocycles. The first-order valence-electron chi connectivity index (χ1n) is 6.56. The summed E-state index contributed by atoms with van der Waals surface area (Å²) in [6.07, 6.45) is 0. The van der Waals surface area contributed by atoms with Gasteiger partial charge in [-0.2, -0.15) is 4.98 Å². The van der Waals surface area contributed by atoms with Crippen LogP contribution in [0.15, 0.2) is 22.6 Å². The lowest BCUT2D eigenvalue weighted by molar-refractivity contribution is -0.384. The van der Waals surface area contributed by atoms with Gasteiger partial charge in [0.25, 0.3) is 11.7 Å². The zero-order valence-electron chi connectivity index (χ0n) is 12.1. The summed E-state index contributed by atoms with van der Waals surface area (Å²) < 4.78 is 5.52. The zero-order valence-corrected chi connectivity index (χ0v) is 12.1. The van der Waals surface area contributed by atoms with E-state index in [0.717, 1.165) is 6.54 Å². The molecule has 0 radical (unpaired) electrons. The van der Waals surface area contributed by atoms with Crippen molar-refractivity contribution in [2.75, 3.05) is 11.9 Å². The molecule has 1 atom stereocenters. The van der Waals surface area contributed by atoms with Gasteiger partial charge in [-0.05, 0) is 17.4 Å². The van der Waals surface area contributed by atoms with Crippen molar-refractivity contribution in [1.82, 2.24) is 4.98 Å². The van der Waals surface area contributed by atoms with E-state index in [1.54, 1.807) is 6.07 Å². The van der Waals surface area contributed by atoms with Gasteiger partial charge in [-0.3, -0.25) is 10.1 Å². The van der Waals surface area contributed by atoms with Crippen LogP contribution in [0.1, 0.15) is 27.7 Å². The second-order valence-electron chi connectivity index (χ2n) is 6.08. The van der Waals surface area contributed by atoms with Gasteiger partial charge in [0.2, 0.25) is 0 Å². The molecular weight excluding hydrogens is 258 g/mol. The molecule has 6 nitrogen and oxygen atoms in total. The average molecular weight is 277 g/mol. The number of nitrogens with zero attached hydrogens (tertiary/aromatic N) is 2. The summed E-state index contributed by atoms with van der Waals surface area (Å²) in [6.45, 7) is 9.41. The van der Waals surface area contributed by atoms with Gasteiger partial charge in [0.15, 0.2) is 5.58 Å². The largest absolute Gasteiger partial charge is 0.424 e. The number of benzene rings is 1. The Morgan fingerprint density at radius 2 is 2.15 bits per heavy atom. The molecule has 0 fully saturated rings. The van der Waals surface area contributed by atoms with E-state index in [9.17, 15) is 10.1 Å². The predicted octanol–water partition coefficient (Wildman–Crippen LogP) is 3.83. The number of anilines is 1. The minimum Gasteiger partial charge on any atom is -0.424 e. The number of oxazole rings is 1. The average Bonchev–Trinajstić information content (AvgIpc) is 2.76. The Balaban J connectivity index is 2.14. The first-order chi connectivity index (χ1) is 9.27. The van der Waals surface area contributed by atoms with Crippen molar-refractivity contribution >= 4 is 22.8 Å². The molecule has 0 aliphatic carbocycles. The standard InChI is InChI=1S/C14H19N3O3/c1-9(14(2,3)4)8-15-13-16-11-7-10(17(18)19)5-6-12(11)20-13/h5-7,9H,8H2,1-4H3,(H,15,16). The van der Waals surface area contributed by atoms with Gasteiger partial charge in [-0.25, -0.2) is 0 Å². The highest BCUT2D eigenvalue weighted by Gasteiger charge is 2.20. The van der Waals surface area contributed by atoms with E-state index < -0.39 is 4.92 Å². The van der Waals surface area contributed by atoms with E-state index in [-0.39, 0.29) is 11.1 Å². The molecule has 2 aromatic rings. The Morgan fingerprint density at radius 3 is 2.75 bits per heavy atom. The Bertz CT molecular complexity index is 628. The smallest absolute Gasteiger partial charge is 0.295 e. The van der Waals surface area contributed by atoms with Crippen LogP contribution in [-0.4, -0.2) is 16.5 Å². The summed E-state index contributed by atoms with van der Waals surface area (Å²) in [4.78, 5) is 14.5. The van der Waals surface area contributed by atoms with Crippen LogP contribution < -0.4 is 5.32 Å². The third-order valence-corrected chi connectivity index (χ3v) is 3.62. The highest BCUT2D eigenvalue weighted by Crippen LogP contribution is 2.27. The molecule has 0 saturated heterocycles. The number of nitro benzene ring substituents is 1. The minimum absolute atomic E-state index is 0.0143. The van der Waals surface area contributed by atoms with Crippen LogP contribution in [0.3, 0.4) is 0 Å². The van der Waals surface area contributed by atoms with Crippen molar-refractivity contribution in [2.45, 2.75) is 27.7 Å². The molecule has 0 bridgehead atoms. The summed E-state index contributed by atoms with van der Waals surface area (Å²) in [5.74, 6) is 0.437. The molecule has 1 aromatic heterocycles. The quantitative estimate of drug-likeness (QED) is 0.678. The molecule has 1 unspecified atom stereocenters. The Labute approximate surface area is 117 Å². The second kappa shape index (κ2) is 5.11. The summed E-state index contributed by atoms with van der Waals surface area (Å²) in [6, 6.07) is 4.79. The summed E-state index contributed by atoms with van der Waals surface area (Å²) in [5.41, 5.74) is 1.24. The second-order valence-corrected chi connectivity index (χ2v) is 6.08. The molecule has 6 heteroatoms. The number of hydrogen-bond donors (Lipinski definition) is 1. The SMILES string of the molecule is CC(CNc1nc2cc([N+](=O)[O-])ccc2o1)C(C)(C)C. The van der Waals surface area contributed by atoms with Gasteiger partial charge in [0, 0.05) is 18.7 Å². The highest BCUT2D eigenvalue weighted by atomic mass is 16.6. The van der Waals surface area contributed by atoms with Crippen molar-refractivity contribution in [1.29, 1.82) is 0 Å². The van der Waals surface area contributed by atoms with Crippen LogP contribution in [0.25, 0.3) is 11.1 Å². The third-order valence-electron chi connectivity index (χ3n) is 3.62. The first kappa shape index (κ1) is 14.3. The number of aromatic nitrogens is 1. The molecule has 1 N–H and O–H groups in total. The fourth-order valence-corrected chi connectivity index (χ4v) is 1.65. The van der Waals surface area contributed by atoms with Crippen LogP contribution in [-0.2, 0) is 0 Å². The number of nitrogens with one attached hydrogen (secondary N) is 1. The molecule has 0 spiro atoms. The fourth-order valence-electron chi connectivity index (χ4n) is 1.65. The van der Waals surface area contributed by atoms with Crippen LogP contribution in [0.5, 0.6) is 0 Å². The number of hydrogen-bond acceptors (Lipinski definition) is 5. The third kappa shape index (κ3) is 3.07. The lowest BCUT2D eigenvalue weighted by Gasteiger charge is -2.26. The molecule has 2 rings (SSSR count). The zero-order chi connectivity index (χ0) is 14.9. The van der Waals surface area contributed by atoms with E-state index in [4.69, 9.17) is 4.42 Å². The lowest BCUT2D eigenvalue weighted by Crippen LogP contribution is -2.24. The van der Waals surface area contributed by atoms with Gasteiger partial charge in [0.05, 0.1) is 4.92 Å². The first-order valence-corrected chi connectivity index (χ1v) is 6.56. The lowest BCUT2D eigenvalue weighted by atomic mass is 9.82. The summed E-state index contributed by atoms with van der Waals surface area (Å²) in [5, 5.41) is 13.8. The monoisotopic (exact) mass is 277 g/mol. The topological polar surface area (TPSA) is 81.2 Å². The van der Waals surface area contributed by atoms with E-state index in [2.05, 4.69) is 38.0 Å². The van der Waals surface area contributed by atoms with Crippen molar-refractivity contribution in [2.24, 2.45) is 11.3 Å². The maximum atomic E-state index is 10.7. The maximum Gasteiger partial charge on any atom is 0.295 e. The van der Waals surface area contributed by atoms with E-state index in [0.29, 0.717) is 23.0 Å². The number of nitro groups is 1. The Kier molecular flexibility index (Phi) is 3.65. The van der Waals surface area contributed by atoms with Crippen molar-refractivity contribution in [3.8, 4) is 0 Å². The van der Waals surface area contributed by atoms with E-state index >= 15 is 0 Å². The van der Waals surface area contributed by atoms with Gasteiger partial charge in [-0.1, -0.05) is 27.7 Å². The minimum atomic E-state index is -0.442. The maximum absolute atomic E-state index is 10.7. The van der Waals surface area contributed by atoms with Gasteiger partial charge in [0.1, 0.15) is 5.52 Å². The molecule has 1 aromatic carbocycles. The molecule has 0 aliphatic rings. The number of non-ortho nitro benzene ring substituents is 1. The van der Waals surface area contributed by atoms with Gasteiger partial charge >= 0.3 is 0 Å². The van der Waals surface area contributed by atoms with Gasteiger partial charge in [-0.15, -0.1) is 0 Å². The van der Waals surface area contributed by atoms with E-state index in [1.165, 1.54) is 12.1 Å². The molecular formula is C14H19N3O3. The molecule has 1 heterocycles. The van der Waals surface area contributed by atoms with Crippen LogP contribution in [0.4, 0.5) is 11.7 Å². The van der Waals surface area contributed by atoms with Crippen molar-refractivity contribution in [3.63, 3.8) is 0 Å². The number of rotatable bonds is 4. The molecule has 108 valence electrons. The van der Waals surface area contributed by atoms with Crippen LogP contribution in [0, 0.1) is 21.4 Å². The van der Waals surface area contributed by atoms with Crippen LogP contribution >= 0.6 is 0 Å². The van der Waals surface area contributed by atoms with Crippen molar-refractivity contribution < 1.29 is 9.34 Å². The van der Waals surface area contributed by atoms with Gasteiger partial charge < -0.3 is 9.73 Å². The predicted molar refractivity (Wildman–Crippen MR) is 77.8 cm³/mol. The number of fused-ring (bicyclic) bond motifs is 1. The fraction of sp³-hybridized carbons (Fsp3) is 0.500. The highest BCUT2D eigenvalue weighted by molar-refractivity contribution is 5.77. The molecule has 0 aliphatic heterocycles. The normalized spacial score (nSPS) is 13.4. The van der Waals surface area contributed by atoms with Crippen molar-refractivity contribution in [3.05, 3.63) is 28.3 Å². The Morgan fingerprint density at radius 1 is 1.45 bits per heavy atom. The summed E-state index contributed by atoms with van der Waals surface area (Å²) in [7, 11) is 0. The molecule has 20 heavy (non-hydrogen) atoms. The summed E-state index contributed by atoms with van der Waals surface area (Å²) >= 11 is 0. The molecule has 0 amide bonds. The Hall–Kier alpha value is -2.11. The van der Waals surface area contributed by atoms with Crippen LogP contribution in [0.2, 0.25) is 0 Å². The van der Waals surface area contributed by atoms with E-state index in [1.807, 2.05) is 0 Å².